The molecule has 1 aliphatic rings. The summed E-state index contributed by atoms with van der Waals surface area (Å²) >= 11 is 0. The molecule has 3 rings (SSSR count). The molecule has 1 saturated heterocycles. The smallest absolute Gasteiger partial charge is 0.242 e. The highest BCUT2D eigenvalue weighted by molar-refractivity contribution is 6.14. The van der Waals surface area contributed by atoms with Crippen LogP contribution < -0.4 is 4.92 Å². The lowest BCUT2D eigenvalue weighted by Gasteiger charge is -2.51. The van der Waals surface area contributed by atoms with E-state index in [1.165, 1.54) is 0 Å². The molecular formula is C13H20BN5. The van der Waals surface area contributed by atoms with Gasteiger partial charge in [-0.15, -0.1) is 5.10 Å². The number of likely N-dealkylation sites (tertiary alicyclic amines) is 1. The third kappa shape index (κ3) is 2.10. The number of nitrogens with zero attached hydrogens (tertiary/aromatic N) is 5. The van der Waals surface area contributed by atoms with Gasteiger partial charge in [0.15, 0.2) is 0 Å². The van der Waals surface area contributed by atoms with Gasteiger partial charge in [-0.2, -0.15) is 4.79 Å². The van der Waals surface area contributed by atoms with Crippen molar-refractivity contribution in [2.75, 3.05) is 18.0 Å². The first-order valence-electron chi connectivity index (χ1n) is 6.75. The zero-order chi connectivity index (χ0) is 13.6. The molecule has 0 aliphatic carbocycles. The van der Waals surface area contributed by atoms with E-state index >= 15 is 0 Å². The van der Waals surface area contributed by atoms with Gasteiger partial charge in [0.25, 0.3) is 0 Å². The van der Waals surface area contributed by atoms with Crippen molar-refractivity contribution in [3.05, 3.63) is 24.3 Å². The fourth-order valence-electron chi connectivity index (χ4n) is 2.48. The molecule has 2 aromatic rings. The van der Waals surface area contributed by atoms with Crippen LogP contribution >= 0.6 is 0 Å². The average Bonchev–Trinajstić information content (AvgIpc) is 2.68. The molecule has 2 heterocycles. The van der Waals surface area contributed by atoms with Crippen LogP contribution in [0.2, 0.25) is 0 Å². The van der Waals surface area contributed by atoms with E-state index < -0.39 is 0 Å². The fourth-order valence-corrected chi connectivity index (χ4v) is 2.48. The van der Waals surface area contributed by atoms with Crippen molar-refractivity contribution in [2.45, 2.75) is 32.4 Å². The van der Waals surface area contributed by atoms with Crippen molar-refractivity contribution in [2.24, 2.45) is 0 Å². The molecule has 0 radical (unpaired) electrons. The minimum Gasteiger partial charge on any atom is -0.341 e. The highest BCUT2D eigenvalue weighted by Crippen LogP contribution is 2.23. The molecule has 0 bridgehead atoms. The van der Waals surface area contributed by atoms with E-state index in [0.717, 1.165) is 24.1 Å². The van der Waals surface area contributed by atoms with Crippen molar-refractivity contribution in [1.29, 1.82) is 0 Å². The van der Waals surface area contributed by atoms with Crippen molar-refractivity contribution >= 4 is 19.0 Å². The Hall–Kier alpha value is -1.56. The number of benzene rings is 1. The van der Waals surface area contributed by atoms with Gasteiger partial charge in [0, 0.05) is 18.6 Å². The van der Waals surface area contributed by atoms with Crippen LogP contribution in [0.15, 0.2) is 24.3 Å². The van der Waals surface area contributed by atoms with Crippen LogP contribution in [0.1, 0.15) is 20.8 Å². The van der Waals surface area contributed by atoms with E-state index in [1.807, 2.05) is 23.0 Å². The van der Waals surface area contributed by atoms with Crippen LogP contribution in [0.4, 0.5) is 0 Å². The second-order valence-corrected chi connectivity index (χ2v) is 6.27. The van der Waals surface area contributed by atoms with Crippen LogP contribution in [0, 0.1) is 0 Å². The monoisotopic (exact) mass is 257 g/mol. The molecule has 0 N–H and O–H groups in total. The number of hydrogen-bond donors (Lipinski definition) is 0. The number of rotatable bonds is 2. The maximum atomic E-state index is 4.26. The molecule has 0 unspecified atom stereocenters. The van der Waals surface area contributed by atoms with E-state index in [9.17, 15) is 0 Å². The molecule has 0 amide bonds. The zero-order valence-corrected chi connectivity index (χ0v) is 12.0. The van der Waals surface area contributed by atoms with Crippen molar-refractivity contribution in [3.8, 4) is 0 Å². The maximum Gasteiger partial charge on any atom is 0.242 e. The lowest BCUT2D eigenvalue weighted by molar-refractivity contribution is 0.0447. The largest absolute Gasteiger partial charge is 0.341 e. The SMILES string of the molecule is BN(C1CN(C(C)(C)C)C1)n1nnc2ccccc21. The lowest BCUT2D eigenvalue weighted by Crippen LogP contribution is -2.66. The highest BCUT2D eigenvalue weighted by atomic mass is 15.7. The zero-order valence-electron chi connectivity index (χ0n) is 12.0. The summed E-state index contributed by atoms with van der Waals surface area (Å²) in [6, 6.07) is 8.58. The van der Waals surface area contributed by atoms with Crippen molar-refractivity contribution in [3.63, 3.8) is 0 Å². The predicted molar refractivity (Wildman–Crippen MR) is 79.4 cm³/mol. The number of para-hydroxylation sites is 1. The summed E-state index contributed by atoms with van der Waals surface area (Å²) in [6.07, 6.45) is 0. The van der Waals surface area contributed by atoms with Crippen molar-refractivity contribution in [1.82, 2.24) is 20.0 Å². The Labute approximate surface area is 114 Å². The summed E-state index contributed by atoms with van der Waals surface area (Å²) in [5.74, 6) is 0. The van der Waals surface area contributed by atoms with E-state index in [1.54, 1.807) is 0 Å². The van der Waals surface area contributed by atoms with Gasteiger partial charge < -0.3 is 4.92 Å². The maximum absolute atomic E-state index is 4.26. The van der Waals surface area contributed by atoms with Gasteiger partial charge in [-0.1, -0.05) is 12.1 Å². The number of aromatic nitrogens is 3. The summed E-state index contributed by atoms with van der Waals surface area (Å²) in [7, 11) is 2.09. The highest BCUT2D eigenvalue weighted by Gasteiger charge is 2.36. The van der Waals surface area contributed by atoms with Crippen LogP contribution in [0.3, 0.4) is 0 Å². The van der Waals surface area contributed by atoms with E-state index in [0.29, 0.717) is 6.04 Å². The first-order chi connectivity index (χ1) is 8.97. The molecule has 0 spiro atoms. The Balaban J connectivity index is 1.77. The Morgan fingerprint density at radius 2 is 1.95 bits per heavy atom. The summed E-state index contributed by atoms with van der Waals surface area (Å²) in [5, 5.41) is 8.47. The Morgan fingerprint density at radius 1 is 1.26 bits per heavy atom. The molecule has 0 saturated carbocycles. The summed E-state index contributed by atoms with van der Waals surface area (Å²) in [5.41, 5.74) is 2.27. The lowest BCUT2D eigenvalue weighted by atomic mass is 9.96. The van der Waals surface area contributed by atoms with Gasteiger partial charge in [0.1, 0.15) is 11.0 Å². The molecule has 1 fully saturated rings. The van der Waals surface area contributed by atoms with Gasteiger partial charge in [-0.3, -0.25) is 4.90 Å². The van der Waals surface area contributed by atoms with Gasteiger partial charge in [0.2, 0.25) is 7.98 Å². The van der Waals surface area contributed by atoms with E-state index in [2.05, 4.69) is 55.0 Å². The molecule has 100 valence electrons. The Morgan fingerprint density at radius 3 is 2.63 bits per heavy atom. The minimum atomic E-state index is 0.252. The summed E-state index contributed by atoms with van der Waals surface area (Å²) < 4.78 is 0. The van der Waals surface area contributed by atoms with Gasteiger partial charge in [-0.05, 0) is 38.1 Å². The van der Waals surface area contributed by atoms with Crippen LogP contribution in [0.5, 0.6) is 0 Å². The predicted octanol–water partition coefficient (Wildman–Crippen LogP) is 0.400. The first-order valence-corrected chi connectivity index (χ1v) is 6.75. The standard InChI is InChI=1S/C13H20BN5/c1-13(2,3)17-8-10(9-17)18(14)19-12-7-5-4-6-11(12)15-16-19/h4-7,10H,8-9,14H2,1-3H3. The topological polar surface area (TPSA) is 37.2 Å². The summed E-state index contributed by atoms with van der Waals surface area (Å²) in [4.78, 5) is 6.59. The molecule has 1 aromatic carbocycles. The summed E-state index contributed by atoms with van der Waals surface area (Å²) in [6.45, 7) is 8.93. The number of fused-ring (bicyclic) bond motifs is 1. The van der Waals surface area contributed by atoms with Gasteiger partial charge in [-0.25, -0.2) is 0 Å². The van der Waals surface area contributed by atoms with Crippen molar-refractivity contribution < 1.29 is 0 Å². The Kier molecular flexibility index (Phi) is 2.78. The quantitative estimate of drug-likeness (QED) is 0.730. The second-order valence-electron chi connectivity index (χ2n) is 6.27. The fraction of sp³-hybridized carbons (Fsp3) is 0.538. The Bertz CT molecular complexity index is 582. The molecule has 0 atom stereocenters. The van der Waals surface area contributed by atoms with Crippen LogP contribution in [-0.4, -0.2) is 52.7 Å². The normalized spacial score (nSPS) is 17.6. The molecule has 19 heavy (non-hydrogen) atoms. The van der Waals surface area contributed by atoms with Gasteiger partial charge in [0.05, 0.1) is 6.04 Å². The van der Waals surface area contributed by atoms with Crippen LogP contribution in [0.25, 0.3) is 11.0 Å². The molecule has 5 nitrogen and oxygen atoms in total. The van der Waals surface area contributed by atoms with E-state index in [4.69, 9.17) is 0 Å². The third-order valence-electron chi connectivity index (χ3n) is 3.97. The van der Waals surface area contributed by atoms with Gasteiger partial charge >= 0.3 is 0 Å². The van der Waals surface area contributed by atoms with Crippen LogP contribution in [-0.2, 0) is 0 Å². The van der Waals surface area contributed by atoms with E-state index in [-0.39, 0.29) is 5.54 Å². The minimum absolute atomic E-state index is 0.252. The molecule has 1 aliphatic heterocycles. The molecule has 6 heteroatoms. The number of hydrogen-bond acceptors (Lipinski definition) is 4. The molecule has 1 aromatic heterocycles. The first kappa shape index (κ1) is 12.5. The second kappa shape index (κ2) is 4.23. The average molecular weight is 257 g/mol. The third-order valence-corrected chi connectivity index (χ3v) is 3.97. The molecular weight excluding hydrogens is 237 g/mol.